The number of carbonyl (C=O) groups is 3. The van der Waals surface area contributed by atoms with Crippen molar-refractivity contribution >= 4 is 46.5 Å². The van der Waals surface area contributed by atoms with Gasteiger partial charge in [0.1, 0.15) is 11.3 Å². The highest BCUT2D eigenvalue weighted by atomic mass is 127. The number of carbonyl (C=O) groups excluding carboxylic acids is 3. The average molecular weight is 524 g/mol. The lowest BCUT2D eigenvalue weighted by Gasteiger charge is -2.25. The summed E-state index contributed by atoms with van der Waals surface area (Å²) in [6, 6.07) is 5.97. The summed E-state index contributed by atoms with van der Waals surface area (Å²) in [6.07, 6.45) is 3.71. The van der Waals surface area contributed by atoms with Gasteiger partial charge in [-0.3, -0.25) is 19.8 Å². The molecule has 0 unspecified atom stereocenters. The van der Waals surface area contributed by atoms with Crippen LogP contribution < -0.4 is 14.8 Å². The first-order valence-electron chi connectivity index (χ1n) is 9.29. The molecule has 3 rings (SSSR count). The van der Waals surface area contributed by atoms with Gasteiger partial charge in [-0.15, -0.1) is 0 Å². The zero-order valence-corrected chi connectivity index (χ0v) is 18.9. The van der Waals surface area contributed by atoms with Crippen LogP contribution in [0.3, 0.4) is 0 Å². The van der Waals surface area contributed by atoms with E-state index in [2.05, 4.69) is 27.9 Å². The molecule has 0 bridgehead atoms. The zero-order chi connectivity index (χ0) is 21.8. The number of furan rings is 1. The molecule has 0 saturated carbocycles. The van der Waals surface area contributed by atoms with E-state index in [1.165, 1.54) is 19.4 Å². The van der Waals surface area contributed by atoms with E-state index in [0.29, 0.717) is 22.8 Å². The fraction of sp³-hybridized carbons (Fsp3) is 0.286. The first kappa shape index (κ1) is 21.9. The number of amides is 4. The summed E-state index contributed by atoms with van der Waals surface area (Å²) in [6.45, 7) is 3.90. The second-order valence-corrected chi connectivity index (χ2v) is 7.82. The molecule has 4 amide bonds. The Kier molecular flexibility index (Phi) is 6.80. The summed E-state index contributed by atoms with van der Waals surface area (Å²) in [4.78, 5) is 38.2. The summed E-state index contributed by atoms with van der Waals surface area (Å²) in [5.41, 5.74) is 0.410. The van der Waals surface area contributed by atoms with Gasteiger partial charge in [-0.2, -0.15) is 0 Å². The van der Waals surface area contributed by atoms with Crippen molar-refractivity contribution in [1.29, 1.82) is 0 Å². The quantitative estimate of drug-likeness (QED) is 0.337. The molecule has 1 aliphatic heterocycles. The highest BCUT2D eigenvalue weighted by Gasteiger charge is 2.36. The largest absolute Gasteiger partial charge is 0.493 e. The zero-order valence-electron chi connectivity index (χ0n) is 16.7. The average Bonchev–Trinajstić information content (AvgIpc) is 3.23. The molecule has 1 saturated heterocycles. The second kappa shape index (κ2) is 9.33. The van der Waals surface area contributed by atoms with Crippen LogP contribution in [0.1, 0.15) is 31.6 Å². The number of halogens is 1. The minimum atomic E-state index is -0.789. The number of methoxy groups -OCH3 is 1. The molecule has 1 aromatic carbocycles. The standard InChI is InChI=1S/C21H21IN2O6/c1-4-12(2)30-18-16(22)9-13(10-17(18)28-3)8-15-19(25)23-21(27)24(20(15)26)11-14-6-5-7-29-14/h5-10,12H,4,11H2,1-3H3,(H,23,25,27)/b15-8+/t12-/m1/s1. The highest BCUT2D eigenvalue weighted by molar-refractivity contribution is 14.1. The number of nitrogens with one attached hydrogen (secondary N) is 1. The van der Waals surface area contributed by atoms with Crippen LogP contribution in [0.5, 0.6) is 11.5 Å². The van der Waals surface area contributed by atoms with Crippen LogP contribution in [0.2, 0.25) is 0 Å². The van der Waals surface area contributed by atoms with Crippen molar-refractivity contribution in [3.63, 3.8) is 0 Å². The molecule has 1 aliphatic rings. The number of benzene rings is 1. The van der Waals surface area contributed by atoms with Crippen molar-refractivity contribution in [1.82, 2.24) is 10.2 Å². The predicted octanol–water partition coefficient (Wildman–Crippen LogP) is 3.73. The SMILES string of the molecule is CC[C@@H](C)Oc1c(I)cc(/C=C2\C(=O)NC(=O)N(Cc3ccco3)C2=O)cc1OC. The molecule has 0 aliphatic carbocycles. The van der Waals surface area contributed by atoms with Gasteiger partial charge >= 0.3 is 6.03 Å². The Balaban J connectivity index is 1.94. The first-order valence-corrected chi connectivity index (χ1v) is 10.4. The molecule has 0 spiro atoms. The van der Waals surface area contributed by atoms with Gasteiger partial charge in [0.2, 0.25) is 0 Å². The van der Waals surface area contributed by atoms with Crippen molar-refractivity contribution in [3.05, 3.63) is 51.0 Å². The first-order chi connectivity index (χ1) is 14.3. The molecule has 30 heavy (non-hydrogen) atoms. The minimum absolute atomic E-state index is 0.00323. The Morgan fingerprint density at radius 1 is 1.30 bits per heavy atom. The van der Waals surface area contributed by atoms with Crippen LogP contribution in [-0.4, -0.2) is 36.0 Å². The van der Waals surface area contributed by atoms with Crippen LogP contribution in [0.25, 0.3) is 6.08 Å². The van der Waals surface area contributed by atoms with E-state index in [9.17, 15) is 14.4 Å². The van der Waals surface area contributed by atoms with Crippen molar-refractivity contribution in [2.24, 2.45) is 0 Å². The van der Waals surface area contributed by atoms with Crippen molar-refractivity contribution in [2.45, 2.75) is 32.9 Å². The lowest BCUT2D eigenvalue weighted by molar-refractivity contribution is -0.130. The molecule has 0 radical (unpaired) electrons. The molecule has 9 heteroatoms. The van der Waals surface area contributed by atoms with Crippen molar-refractivity contribution in [3.8, 4) is 11.5 Å². The summed E-state index contributed by atoms with van der Waals surface area (Å²) in [5.74, 6) is 0.0588. The Morgan fingerprint density at radius 2 is 2.07 bits per heavy atom. The van der Waals surface area contributed by atoms with Crippen LogP contribution in [0.4, 0.5) is 4.79 Å². The fourth-order valence-electron chi connectivity index (χ4n) is 2.78. The number of imide groups is 2. The van der Waals surface area contributed by atoms with E-state index >= 15 is 0 Å². The molecule has 1 N–H and O–H groups in total. The van der Waals surface area contributed by atoms with Gasteiger partial charge in [-0.1, -0.05) is 6.92 Å². The van der Waals surface area contributed by atoms with Gasteiger partial charge in [-0.25, -0.2) is 4.79 Å². The maximum Gasteiger partial charge on any atom is 0.331 e. The third-order valence-corrected chi connectivity index (χ3v) is 5.34. The van der Waals surface area contributed by atoms with E-state index < -0.39 is 17.8 Å². The number of ether oxygens (including phenoxy) is 2. The maximum atomic E-state index is 12.8. The monoisotopic (exact) mass is 524 g/mol. The summed E-state index contributed by atoms with van der Waals surface area (Å²) >= 11 is 2.11. The number of barbiturate groups is 1. The summed E-state index contributed by atoms with van der Waals surface area (Å²) in [5, 5.41) is 2.19. The van der Waals surface area contributed by atoms with Crippen LogP contribution in [-0.2, 0) is 16.1 Å². The minimum Gasteiger partial charge on any atom is -0.493 e. The lowest BCUT2D eigenvalue weighted by atomic mass is 10.1. The molecule has 1 aromatic heterocycles. The number of urea groups is 1. The molecule has 1 atom stereocenters. The number of nitrogens with zero attached hydrogens (tertiary/aromatic N) is 1. The molecule has 8 nitrogen and oxygen atoms in total. The molecular formula is C21H21IN2O6. The lowest BCUT2D eigenvalue weighted by Crippen LogP contribution is -2.53. The molecule has 2 aromatic rings. The Bertz CT molecular complexity index is 999. The Hall–Kier alpha value is -2.82. The van der Waals surface area contributed by atoms with Crippen molar-refractivity contribution < 1.29 is 28.3 Å². The van der Waals surface area contributed by atoms with Crippen LogP contribution in [0.15, 0.2) is 40.5 Å². The van der Waals surface area contributed by atoms with Gasteiger partial charge in [0.05, 0.1) is 29.6 Å². The second-order valence-electron chi connectivity index (χ2n) is 6.66. The third-order valence-electron chi connectivity index (χ3n) is 4.54. The van der Waals surface area contributed by atoms with Crippen LogP contribution in [0, 0.1) is 3.57 Å². The summed E-state index contributed by atoms with van der Waals surface area (Å²) < 4.78 is 17.3. The molecule has 1 fully saturated rings. The van der Waals surface area contributed by atoms with Gasteiger partial charge in [-0.05, 0) is 71.8 Å². The topological polar surface area (TPSA) is 98.1 Å². The smallest absolute Gasteiger partial charge is 0.331 e. The molecule has 158 valence electrons. The molecule has 2 heterocycles. The summed E-state index contributed by atoms with van der Waals surface area (Å²) in [7, 11) is 1.52. The van der Waals surface area contributed by atoms with Gasteiger partial charge < -0.3 is 13.9 Å². The maximum absolute atomic E-state index is 12.8. The van der Waals surface area contributed by atoms with Gasteiger partial charge in [0.15, 0.2) is 11.5 Å². The van der Waals surface area contributed by atoms with Gasteiger partial charge in [0, 0.05) is 0 Å². The van der Waals surface area contributed by atoms with E-state index in [1.807, 2.05) is 13.8 Å². The fourth-order valence-corrected chi connectivity index (χ4v) is 3.54. The van der Waals surface area contributed by atoms with E-state index in [1.54, 1.807) is 24.3 Å². The van der Waals surface area contributed by atoms with E-state index in [0.717, 1.165) is 14.9 Å². The van der Waals surface area contributed by atoms with Crippen LogP contribution >= 0.6 is 22.6 Å². The van der Waals surface area contributed by atoms with E-state index in [-0.39, 0.29) is 18.2 Å². The Morgan fingerprint density at radius 3 is 2.70 bits per heavy atom. The van der Waals surface area contributed by atoms with Crippen molar-refractivity contribution in [2.75, 3.05) is 7.11 Å². The Labute approximate surface area is 187 Å². The predicted molar refractivity (Wildman–Crippen MR) is 117 cm³/mol. The number of rotatable bonds is 7. The van der Waals surface area contributed by atoms with E-state index in [4.69, 9.17) is 13.9 Å². The normalized spacial score (nSPS) is 16.6. The number of hydrogen-bond donors (Lipinski definition) is 1. The highest BCUT2D eigenvalue weighted by Crippen LogP contribution is 2.35. The third kappa shape index (κ3) is 4.66. The number of hydrogen-bond acceptors (Lipinski definition) is 6. The van der Waals surface area contributed by atoms with Gasteiger partial charge in [0.25, 0.3) is 11.8 Å². The molecular weight excluding hydrogens is 503 g/mol.